The number of hydrogen-bond donors (Lipinski definition) is 0. The number of pyridine rings is 1. The van der Waals surface area contributed by atoms with Crippen molar-refractivity contribution in [2.45, 2.75) is 6.54 Å². The third kappa shape index (κ3) is 2.61. The summed E-state index contributed by atoms with van der Waals surface area (Å²) in [6, 6.07) is 12.5. The summed E-state index contributed by atoms with van der Waals surface area (Å²) in [4.78, 5) is 11.2. The van der Waals surface area contributed by atoms with Gasteiger partial charge < -0.3 is 4.74 Å². The highest BCUT2D eigenvalue weighted by Gasteiger charge is 2.11. The Balaban J connectivity index is 1.56. The second-order valence-corrected chi connectivity index (χ2v) is 5.52. The van der Waals surface area contributed by atoms with Crippen LogP contribution in [0.15, 0.2) is 48.9 Å². The van der Waals surface area contributed by atoms with Gasteiger partial charge in [-0.1, -0.05) is 12.1 Å². The lowest BCUT2D eigenvalue weighted by Crippen LogP contribution is -2.35. The van der Waals surface area contributed by atoms with E-state index in [-0.39, 0.29) is 0 Å². The van der Waals surface area contributed by atoms with Crippen LogP contribution in [-0.4, -0.2) is 45.7 Å². The zero-order chi connectivity index (χ0) is 14.8. The monoisotopic (exact) mass is 294 g/mol. The molecule has 0 aliphatic carbocycles. The quantitative estimate of drug-likeness (QED) is 0.743. The molecule has 4 rings (SSSR count). The Labute approximate surface area is 129 Å². The molecule has 2 aromatic heterocycles. The van der Waals surface area contributed by atoms with Gasteiger partial charge in [-0.2, -0.15) is 0 Å². The Morgan fingerprint density at radius 3 is 2.64 bits per heavy atom. The smallest absolute Gasteiger partial charge is 0.164 e. The first-order chi connectivity index (χ1) is 10.9. The summed E-state index contributed by atoms with van der Waals surface area (Å²) < 4.78 is 7.41. The maximum atomic E-state index is 5.39. The van der Waals surface area contributed by atoms with Crippen LogP contribution in [0.2, 0.25) is 0 Å². The van der Waals surface area contributed by atoms with E-state index < -0.39 is 0 Å². The van der Waals surface area contributed by atoms with Gasteiger partial charge in [0.05, 0.1) is 13.2 Å². The van der Waals surface area contributed by atoms with E-state index in [1.54, 1.807) is 6.20 Å². The van der Waals surface area contributed by atoms with Gasteiger partial charge in [-0.15, -0.1) is 0 Å². The topological polar surface area (TPSA) is 43.2 Å². The molecule has 0 unspecified atom stereocenters. The predicted molar refractivity (Wildman–Crippen MR) is 85.0 cm³/mol. The summed E-state index contributed by atoms with van der Waals surface area (Å²) in [5, 5.41) is 0. The van der Waals surface area contributed by atoms with E-state index in [9.17, 15) is 0 Å². The number of rotatable bonds is 3. The third-order valence-electron chi connectivity index (χ3n) is 4.03. The van der Waals surface area contributed by atoms with Gasteiger partial charge in [-0.3, -0.25) is 9.47 Å². The molecule has 1 fully saturated rings. The normalized spacial score (nSPS) is 16.2. The first kappa shape index (κ1) is 13.4. The van der Waals surface area contributed by atoms with E-state index >= 15 is 0 Å². The molecule has 5 nitrogen and oxygen atoms in total. The maximum absolute atomic E-state index is 5.39. The number of nitrogens with zero attached hydrogens (tertiary/aromatic N) is 4. The number of imidazole rings is 1. The van der Waals surface area contributed by atoms with Gasteiger partial charge in [-0.25, -0.2) is 9.97 Å². The lowest BCUT2D eigenvalue weighted by atomic mass is 10.2. The summed E-state index contributed by atoms with van der Waals surface area (Å²) in [7, 11) is 0. The van der Waals surface area contributed by atoms with E-state index in [4.69, 9.17) is 4.74 Å². The molecule has 3 heterocycles. The average molecular weight is 294 g/mol. The van der Waals surface area contributed by atoms with Crippen LogP contribution in [0.1, 0.15) is 5.56 Å². The molecule has 0 amide bonds. The Bertz CT molecular complexity index is 760. The Kier molecular flexibility index (Phi) is 3.58. The lowest BCUT2D eigenvalue weighted by Gasteiger charge is -2.26. The molecule has 22 heavy (non-hydrogen) atoms. The zero-order valence-electron chi connectivity index (χ0n) is 12.4. The number of morpholine rings is 1. The number of aromatic nitrogens is 3. The van der Waals surface area contributed by atoms with Crippen molar-refractivity contribution in [1.82, 2.24) is 19.4 Å². The van der Waals surface area contributed by atoms with Crippen molar-refractivity contribution in [3.8, 4) is 5.69 Å². The SMILES string of the molecule is c1cnc2c(c1)ncn2-c1ccc(CN2CCOCC2)cc1. The largest absolute Gasteiger partial charge is 0.379 e. The highest BCUT2D eigenvalue weighted by atomic mass is 16.5. The summed E-state index contributed by atoms with van der Waals surface area (Å²) >= 11 is 0. The van der Waals surface area contributed by atoms with Gasteiger partial charge in [0.1, 0.15) is 11.8 Å². The summed E-state index contributed by atoms with van der Waals surface area (Å²) in [5.41, 5.74) is 4.22. The molecule has 5 heteroatoms. The molecule has 3 aromatic rings. The molecule has 0 N–H and O–H groups in total. The maximum Gasteiger partial charge on any atom is 0.164 e. The molecule has 1 aromatic carbocycles. The molecule has 0 spiro atoms. The van der Waals surface area contributed by atoms with Gasteiger partial charge in [0.25, 0.3) is 0 Å². The number of hydrogen-bond acceptors (Lipinski definition) is 4. The van der Waals surface area contributed by atoms with Crippen molar-refractivity contribution < 1.29 is 4.74 Å². The van der Waals surface area contributed by atoms with Crippen molar-refractivity contribution >= 4 is 11.2 Å². The summed E-state index contributed by atoms with van der Waals surface area (Å²) in [6.45, 7) is 4.68. The summed E-state index contributed by atoms with van der Waals surface area (Å²) in [6.07, 6.45) is 3.63. The molecule has 0 radical (unpaired) electrons. The van der Waals surface area contributed by atoms with Crippen molar-refractivity contribution in [2.75, 3.05) is 26.3 Å². The minimum Gasteiger partial charge on any atom is -0.379 e. The Morgan fingerprint density at radius 2 is 1.82 bits per heavy atom. The van der Waals surface area contributed by atoms with Crippen LogP contribution in [0.3, 0.4) is 0 Å². The second-order valence-electron chi connectivity index (χ2n) is 5.52. The van der Waals surface area contributed by atoms with E-state index in [1.807, 2.05) is 23.0 Å². The van der Waals surface area contributed by atoms with Gasteiger partial charge in [0.15, 0.2) is 5.65 Å². The zero-order valence-corrected chi connectivity index (χ0v) is 12.4. The molecular weight excluding hydrogens is 276 g/mol. The van der Waals surface area contributed by atoms with Crippen molar-refractivity contribution in [2.24, 2.45) is 0 Å². The van der Waals surface area contributed by atoms with Crippen LogP contribution in [0, 0.1) is 0 Å². The van der Waals surface area contributed by atoms with Crippen LogP contribution < -0.4 is 0 Å². The van der Waals surface area contributed by atoms with E-state index in [1.165, 1.54) is 5.56 Å². The Morgan fingerprint density at radius 1 is 1.00 bits per heavy atom. The highest BCUT2D eigenvalue weighted by molar-refractivity contribution is 5.72. The Hall–Kier alpha value is -2.24. The number of benzene rings is 1. The molecular formula is C17H18N4O. The van der Waals surface area contributed by atoms with Gasteiger partial charge in [0.2, 0.25) is 0 Å². The molecule has 0 saturated carbocycles. The molecule has 1 aliphatic rings. The molecule has 1 aliphatic heterocycles. The first-order valence-electron chi connectivity index (χ1n) is 7.58. The van der Waals surface area contributed by atoms with Crippen LogP contribution in [0.25, 0.3) is 16.9 Å². The third-order valence-corrected chi connectivity index (χ3v) is 4.03. The standard InChI is InChI=1S/C17H18N4O/c1-2-16-17(18-7-1)21(13-19-16)15-5-3-14(4-6-15)12-20-8-10-22-11-9-20/h1-7,13H,8-12H2. The van der Waals surface area contributed by atoms with Crippen molar-refractivity contribution in [3.05, 3.63) is 54.5 Å². The van der Waals surface area contributed by atoms with Crippen LogP contribution in [0.4, 0.5) is 0 Å². The predicted octanol–water partition coefficient (Wildman–Crippen LogP) is 2.25. The molecule has 1 saturated heterocycles. The van der Waals surface area contributed by atoms with Crippen molar-refractivity contribution in [1.29, 1.82) is 0 Å². The lowest BCUT2D eigenvalue weighted by molar-refractivity contribution is 0.0342. The molecule has 0 atom stereocenters. The highest BCUT2D eigenvalue weighted by Crippen LogP contribution is 2.17. The fourth-order valence-corrected chi connectivity index (χ4v) is 2.82. The van der Waals surface area contributed by atoms with Crippen LogP contribution >= 0.6 is 0 Å². The van der Waals surface area contributed by atoms with Crippen LogP contribution in [-0.2, 0) is 11.3 Å². The molecule has 112 valence electrons. The van der Waals surface area contributed by atoms with E-state index in [2.05, 4.69) is 39.1 Å². The van der Waals surface area contributed by atoms with Gasteiger partial charge in [0, 0.05) is 31.5 Å². The fourth-order valence-electron chi connectivity index (χ4n) is 2.82. The second kappa shape index (κ2) is 5.87. The number of ether oxygens (including phenoxy) is 1. The van der Waals surface area contributed by atoms with Gasteiger partial charge >= 0.3 is 0 Å². The van der Waals surface area contributed by atoms with E-state index in [0.29, 0.717) is 0 Å². The van der Waals surface area contributed by atoms with Gasteiger partial charge in [-0.05, 0) is 29.8 Å². The summed E-state index contributed by atoms with van der Waals surface area (Å²) in [5.74, 6) is 0. The molecule has 0 bridgehead atoms. The van der Waals surface area contributed by atoms with E-state index in [0.717, 1.165) is 49.7 Å². The number of fused-ring (bicyclic) bond motifs is 1. The fraction of sp³-hybridized carbons (Fsp3) is 0.294. The minimum atomic E-state index is 0.838. The minimum absolute atomic E-state index is 0.838. The van der Waals surface area contributed by atoms with Crippen LogP contribution in [0.5, 0.6) is 0 Å². The van der Waals surface area contributed by atoms with Crippen molar-refractivity contribution in [3.63, 3.8) is 0 Å². The average Bonchev–Trinajstić information content (AvgIpc) is 3.01. The first-order valence-corrected chi connectivity index (χ1v) is 7.58.